The first-order valence-corrected chi connectivity index (χ1v) is 5.63. The SMILES string of the molecule is C=C(Br)CNC(C)C(=O)NC(C)CC. The molecule has 0 aliphatic carbocycles. The van der Waals surface area contributed by atoms with Gasteiger partial charge in [-0.25, -0.2) is 0 Å². The molecule has 0 saturated carbocycles. The van der Waals surface area contributed by atoms with Crippen LogP contribution in [0, 0.1) is 0 Å². The van der Waals surface area contributed by atoms with Crippen molar-refractivity contribution in [3.05, 3.63) is 11.1 Å². The lowest BCUT2D eigenvalue weighted by molar-refractivity contribution is -0.123. The van der Waals surface area contributed by atoms with Gasteiger partial charge in [0.15, 0.2) is 0 Å². The van der Waals surface area contributed by atoms with Crippen molar-refractivity contribution in [1.29, 1.82) is 0 Å². The van der Waals surface area contributed by atoms with Crippen LogP contribution in [-0.4, -0.2) is 24.5 Å². The average Bonchev–Trinajstić information content (AvgIpc) is 2.13. The fraction of sp³-hybridized carbons (Fsp3) is 0.700. The number of carbonyl (C=O) groups excluding carboxylic acids is 1. The highest BCUT2D eigenvalue weighted by Gasteiger charge is 2.13. The molecule has 0 saturated heterocycles. The Bertz CT molecular complexity index is 206. The molecule has 4 heteroatoms. The lowest BCUT2D eigenvalue weighted by atomic mass is 10.2. The fourth-order valence-corrected chi connectivity index (χ4v) is 0.988. The first-order chi connectivity index (χ1) is 6.47. The van der Waals surface area contributed by atoms with Gasteiger partial charge in [0, 0.05) is 17.1 Å². The molecule has 0 aromatic heterocycles. The fourth-order valence-electron chi connectivity index (χ4n) is 0.826. The Morgan fingerprint density at radius 1 is 1.50 bits per heavy atom. The number of hydrogen-bond acceptors (Lipinski definition) is 2. The number of rotatable bonds is 6. The third-order valence-corrected chi connectivity index (χ3v) is 2.27. The van der Waals surface area contributed by atoms with Gasteiger partial charge in [-0.15, -0.1) is 0 Å². The Morgan fingerprint density at radius 3 is 2.50 bits per heavy atom. The van der Waals surface area contributed by atoms with E-state index in [9.17, 15) is 4.79 Å². The molecule has 0 fully saturated rings. The zero-order valence-electron chi connectivity index (χ0n) is 9.06. The van der Waals surface area contributed by atoms with E-state index in [1.54, 1.807) is 0 Å². The summed E-state index contributed by atoms with van der Waals surface area (Å²) in [6, 6.07) is 0.0530. The molecule has 0 heterocycles. The average molecular weight is 263 g/mol. The Labute approximate surface area is 94.5 Å². The molecule has 0 aromatic rings. The number of amides is 1. The first kappa shape index (κ1) is 13.7. The lowest BCUT2D eigenvalue weighted by Crippen LogP contribution is -2.45. The molecule has 0 bridgehead atoms. The van der Waals surface area contributed by atoms with Crippen molar-refractivity contribution in [3.8, 4) is 0 Å². The van der Waals surface area contributed by atoms with E-state index in [1.807, 2.05) is 20.8 Å². The molecule has 14 heavy (non-hydrogen) atoms. The van der Waals surface area contributed by atoms with Crippen LogP contribution in [0.5, 0.6) is 0 Å². The number of nitrogens with one attached hydrogen (secondary N) is 2. The van der Waals surface area contributed by atoms with E-state index >= 15 is 0 Å². The van der Waals surface area contributed by atoms with Crippen LogP contribution in [0.3, 0.4) is 0 Å². The molecular formula is C10H19BrN2O. The highest BCUT2D eigenvalue weighted by atomic mass is 79.9. The molecule has 2 atom stereocenters. The minimum Gasteiger partial charge on any atom is -0.352 e. The van der Waals surface area contributed by atoms with Crippen LogP contribution in [0.1, 0.15) is 27.2 Å². The van der Waals surface area contributed by atoms with Crippen molar-refractivity contribution in [1.82, 2.24) is 10.6 Å². The Balaban J connectivity index is 3.81. The minimum atomic E-state index is -0.182. The Hall–Kier alpha value is -0.350. The molecule has 2 N–H and O–H groups in total. The predicted octanol–water partition coefficient (Wildman–Crippen LogP) is 1.79. The quantitative estimate of drug-likeness (QED) is 0.767. The molecule has 0 aliphatic rings. The van der Waals surface area contributed by atoms with Crippen LogP contribution in [-0.2, 0) is 4.79 Å². The van der Waals surface area contributed by atoms with Crippen LogP contribution < -0.4 is 10.6 Å². The van der Waals surface area contributed by atoms with Crippen LogP contribution in [0.15, 0.2) is 11.1 Å². The van der Waals surface area contributed by atoms with Crippen molar-refractivity contribution in [2.75, 3.05) is 6.54 Å². The second-order valence-corrected chi connectivity index (χ2v) is 4.56. The van der Waals surface area contributed by atoms with Gasteiger partial charge in [0.1, 0.15) is 0 Å². The second kappa shape index (κ2) is 7.01. The standard InChI is InChI=1S/C10H19BrN2O/c1-5-8(3)13-10(14)9(4)12-6-7(2)11/h8-9,12H,2,5-6H2,1,3-4H3,(H,13,14). The highest BCUT2D eigenvalue weighted by molar-refractivity contribution is 9.11. The van der Waals surface area contributed by atoms with Crippen LogP contribution >= 0.6 is 15.9 Å². The normalized spacial score (nSPS) is 14.6. The van der Waals surface area contributed by atoms with E-state index in [4.69, 9.17) is 0 Å². The number of carbonyl (C=O) groups is 1. The van der Waals surface area contributed by atoms with Crippen LogP contribution in [0.4, 0.5) is 0 Å². The van der Waals surface area contributed by atoms with Crippen molar-refractivity contribution < 1.29 is 4.79 Å². The summed E-state index contributed by atoms with van der Waals surface area (Å²) in [5, 5.41) is 5.96. The topological polar surface area (TPSA) is 41.1 Å². The third-order valence-electron chi connectivity index (χ3n) is 1.99. The first-order valence-electron chi connectivity index (χ1n) is 4.84. The van der Waals surface area contributed by atoms with Crippen molar-refractivity contribution in [2.24, 2.45) is 0 Å². The van der Waals surface area contributed by atoms with E-state index in [-0.39, 0.29) is 18.0 Å². The van der Waals surface area contributed by atoms with Crippen LogP contribution in [0.25, 0.3) is 0 Å². The van der Waals surface area contributed by atoms with E-state index in [2.05, 4.69) is 33.1 Å². The monoisotopic (exact) mass is 262 g/mol. The van der Waals surface area contributed by atoms with Gasteiger partial charge < -0.3 is 10.6 Å². The van der Waals surface area contributed by atoms with E-state index < -0.39 is 0 Å². The van der Waals surface area contributed by atoms with Gasteiger partial charge in [-0.1, -0.05) is 29.4 Å². The summed E-state index contributed by atoms with van der Waals surface area (Å²) in [6.45, 7) is 10.2. The summed E-state index contributed by atoms with van der Waals surface area (Å²) in [7, 11) is 0. The smallest absolute Gasteiger partial charge is 0.237 e. The molecule has 0 spiro atoms. The summed E-state index contributed by atoms with van der Waals surface area (Å²) in [5.41, 5.74) is 0. The molecule has 82 valence electrons. The van der Waals surface area contributed by atoms with Gasteiger partial charge in [-0.05, 0) is 20.3 Å². The van der Waals surface area contributed by atoms with E-state index in [1.165, 1.54) is 0 Å². The maximum Gasteiger partial charge on any atom is 0.237 e. The minimum absolute atomic E-state index is 0.0353. The maximum absolute atomic E-state index is 11.5. The van der Waals surface area contributed by atoms with Gasteiger partial charge in [0.05, 0.1) is 6.04 Å². The summed E-state index contributed by atoms with van der Waals surface area (Å²) in [5.74, 6) is 0.0353. The molecular weight excluding hydrogens is 244 g/mol. The summed E-state index contributed by atoms with van der Waals surface area (Å²) < 4.78 is 0.848. The van der Waals surface area contributed by atoms with Gasteiger partial charge in [0.2, 0.25) is 5.91 Å². The zero-order chi connectivity index (χ0) is 11.1. The molecule has 1 amide bonds. The van der Waals surface area contributed by atoms with E-state index in [0.29, 0.717) is 6.54 Å². The Morgan fingerprint density at radius 2 is 2.07 bits per heavy atom. The largest absolute Gasteiger partial charge is 0.352 e. The summed E-state index contributed by atoms with van der Waals surface area (Å²) >= 11 is 3.23. The van der Waals surface area contributed by atoms with Gasteiger partial charge in [-0.2, -0.15) is 0 Å². The van der Waals surface area contributed by atoms with Gasteiger partial charge in [0.25, 0.3) is 0 Å². The summed E-state index contributed by atoms with van der Waals surface area (Å²) in [6.07, 6.45) is 0.948. The predicted molar refractivity (Wildman–Crippen MR) is 63.4 cm³/mol. The van der Waals surface area contributed by atoms with Crippen molar-refractivity contribution >= 4 is 21.8 Å². The number of halogens is 1. The Kier molecular flexibility index (Phi) is 6.83. The molecule has 0 aromatic carbocycles. The molecule has 3 nitrogen and oxygen atoms in total. The molecule has 0 radical (unpaired) electrons. The van der Waals surface area contributed by atoms with Crippen LogP contribution in [0.2, 0.25) is 0 Å². The molecule has 0 aliphatic heterocycles. The second-order valence-electron chi connectivity index (χ2n) is 3.44. The summed E-state index contributed by atoms with van der Waals surface area (Å²) in [4.78, 5) is 11.5. The molecule has 2 unspecified atom stereocenters. The maximum atomic E-state index is 11.5. The zero-order valence-corrected chi connectivity index (χ0v) is 10.6. The number of hydrogen-bond donors (Lipinski definition) is 2. The van der Waals surface area contributed by atoms with Gasteiger partial charge >= 0.3 is 0 Å². The van der Waals surface area contributed by atoms with Crippen molar-refractivity contribution in [2.45, 2.75) is 39.3 Å². The third kappa shape index (κ3) is 6.16. The van der Waals surface area contributed by atoms with E-state index in [0.717, 1.165) is 10.9 Å². The van der Waals surface area contributed by atoms with Gasteiger partial charge in [-0.3, -0.25) is 4.79 Å². The highest BCUT2D eigenvalue weighted by Crippen LogP contribution is 1.98. The van der Waals surface area contributed by atoms with Crippen molar-refractivity contribution in [3.63, 3.8) is 0 Å². The molecule has 0 rings (SSSR count). The lowest BCUT2D eigenvalue weighted by Gasteiger charge is -2.17.